The Balaban J connectivity index is 2.87. The van der Waals surface area contributed by atoms with Crippen molar-refractivity contribution in [2.75, 3.05) is 11.4 Å². The Morgan fingerprint density at radius 2 is 1.90 bits per heavy atom. The van der Waals surface area contributed by atoms with Gasteiger partial charge in [0, 0.05) is 24.7 Å². The van der Waals surface area contributed by atoms with Crippen LogP contribution in [0.2, 0.25) is 5.02 Å². The van der Waals surface area contributed by atoms with Crippen LogP contribution in [-0.2, 0) is 6.54 Å². The lowest BCUT2D eigenvalue weighted by Gasteiger charge is -2.30. The highest BCUT2D eigenvalue weighted by atomic mass is 35.5. The van der Waals surface area contributed by atoms with Gasteiger partial charge in [-0.2, -0.15) is 0 Å². The van der Waals surface area contributed by atoms with E-state index in [9.17, 15) is 0 Å². The van der Waals surface area contributed by atoms with Crippen LogP contribution >= 0.6 is 11.6 Å². The third-order valence-corrected chi connectivity index (χ3v) is 3.91. The lowest BCUT2D eigenvalue weighted by atomic mass is 10.1. The number of nitrogens with one attached hydrogen (secondary N) is 1. The van der Waals surface area contributed by atoms with Crippen molar-refractivity contribution < 1.29 is 0 Å². The summed E-state index contributed by atoms with van der Waals surface area (Å²) in [6.07, 6.45) is 1.12. The molecular formula is C17H29ClN2. The zero-order valence-electron chi connectivity index (χ0n) is 13.8. The highest BCUT2D eigenvalue weighted by Gasteiger charge is 2.15. The summed E-state index contributed by atoms with van der Waals surface area (Å²) >= 11 is 6.48. The molecule has 1 N–H and O–H groups in total. The van der Waals surface area contributed by atoms with Crippen molar-refractivity contribution in [3.63, 3.8) is 0 Å². The Morgan fingerprint density at radius 3 is 2.35 bits per heavy atom. The first kappa shape index (κ1) is 17.3. The molecule has 1 aromatic rings. The summed E-state index contributed by atoms with van der Waals surface area (Å²) in [5.41, 5.74) is 2.49. The van der Waals surface area contributed by atoms with Crippen LogP contribution in [0.5, 0.6) is 0 Å². The van der Waals surface area contributed by atoms with E-state index in [1.165, 1.54) is 5.56 Å². The average Bonchev–Trinajstić information content (AvgIpc) is 2.38. The maximum atomic E-state index is 6.48. The molecule has 1 rings (SSSR count). The maximum absolute atomic E-state index is 6.48. The van der Waals surface area contributed by atoms with Crippen molar-refractivity contribution in [3.05, 3.63) is 28.8 Å². The Bertz CT molecular complexity index is 423. The summed E-state index contributed by atoms with van der Waals surface area (Å²) in [6.45, 7) is 15.0. The van der Waals surface area contributed by atoms with Gasteiger partial charge in [-0.3, -0.25) is 0 Å². The summed E-state index contributed by atoms with van der Waals surface area (Å²) in [5.74, 6) is 0. The summed E-state index contributed by atoms with van der Waals surface area (Å²) in [7, 11) is 0. The predicted octanol–water partition coefficient (Wildman–Crippen LogP) is 4.85. The number of hydrogen-bond acceptors (Lipinski definition) is 2. The van der Waals surface area contributed by atoms with Gasteiger partial charge in [-0.25, -0.2) is 0 Å². The van der Waals surface area contributed by atoms with Gasteiger partial charge in [0.2, 0.25) is 0 Å². The zero-order valence-corrected chi connectivity index (χ0v) is 14.5. The van der Waals surface area contributed by atoms with Gasteiger partial charge in [-0.15, -0.1) is 0 Å². The molecule has 3 heteroatoms. The van der Waals surface area contributed by atoms with Gasteiger partial charge in [-0.05, 0) is 58.7 Å². The van der Waals surface area contributed by atoms with Gasteiger partial charge in [0.05, 0.1) is 10.7 Å². The second-order valence-electron chi connectivity index (χ2n) is 6.43. The minimum absolute atomic E-state index is 0.122. The fourth-order valence-corrected chi connectivity index (χ4v) is 2.51. The third-order valence-electron chi connectivity index (χ3n) is 3.61. The number of nitrogens with zero attached hydrogens (tertiary/aromatic N) is 1. The molecule has 0 spiro atoms. The molecule has 114 valence electrons. The molecule has 0 saturated heterocycles. The molecule has 0 heterocycles. The molecule has 0 aliphatic rings. The first-order valence-corrected chi connectivity index (χ1v) is 7.96. The molecule has 0 fully saturated rings. The van der Waals surface area contributed by atoms with Gasteiger partial charge in [-0.1, -0.05) is 24.6 Å². The molecule has 0 aliphatic heterocycles. The molecule has 20 heavy (non-hydrogen) atoms. The number of benzene rings is 1. The minimum Gasteiger partial charge on any atom is -0.368 e. The molecule has 1 unspecified atom stereocenters. The van der Waals surface area contributed by atoms with Crippen LogP contribution in [0.25, 0.3) is 0 Å². The number of anilines is 1. The van der Waals surface area contributed by atoms with Crippen molar-refractivity contribution in [1.29, 1.82) is 0 Å². The maximum Gasteiger partial charge on any atom is 0.0642 e. The van der Waals surface area contributed by atoms with Crippen LogP contribution in [0.15, 0.2) is 18.2 Å². The van der Waals surface area contributed by atoms with Crippen LogP contribution < -0.4 is 10.2 Å². The lowest BCUT2D eigenvalue weighted by Crippen LogP contribution is -2.35. The molecule has 1 atom stereocenters. The van der Waals surface area contributed by atoms with Crippen LogP contribution in [-0.4, -0.2) is 18.1 Å². The first-order chi connectivity index (χ1) is 9.28. The van der Waals surface area contributed by atoms with Crippen molar-refractivity contribution in [2.24, 2.45) is 0 Å². The predicted molar refractivity (Wildman–Crippen MR) is 90.8 cm³/mol. The molecule has 0 radical (unpaired) electrons. The quantitative estimate of drug-likeness (QED) is 0.807. The highest BCUT2D eigenvalue weighted by molar-refractivity contribution is 6.33. The van der Waals surface area contributed by atoms with E-state index in [2.05, 4.69) is 70.0 Å². The van der Waals surface area contributed by atoms with Crippen LogP contribution in [0.3, 0.4) is 0 Å². The smallest absolute Gasteiger partial charge is 0.0642 e. The van der Waals surface area contributed by atoms with E-state index >= 15 is 0 Å². The van der Waals surface area contributed by atoms with Crippen LogP contribution in [0.1, 0.15) is 53.5 Å². The SMILES string of the molecule is CCC(C)N(CC)c1ccc(CNC(C)(C)C)cc1Cl. The van der Waals surface area contributed by atoms with E-state index in [0.717, 1.165) is 30.2 Å². The van der Waals surface area contributed by atoms with E-state index in [1.807, 2.05) is 0 Å². The normalized spacial score (nSPS) is 13.3. The Morgan fingerprint density at radius 1 is 1.25 bits per heavy atom. The molecule has 0 aromatic heterocycles. The van der Waals surface area contributed by atoms with E-state index in [-0.39, 0.29) is 5.54 Å². The Labute approximate surface area is 129 Å². The largest absolute Gasteiger partial charge is 0.368 e. The standard InChI is InChI=1S/C17H29ClN2/c1-7-13(3)20(8-2)16-10-9-14(11-15(16)18)12-19-17(4,5)6/h9-11,13,19H,7-8,12H2,1-6H3. The van der Waals surface area contributed by atoms with E-state index in [0.29, 0.717) is 6.04 Å². The Kier molecular flexibility index (Phi) is 6.35. The summed E-state index contributed by atoms with van der Waals surface area (Å²) in [4.78, 5) is 2.36. The van der Waals surface area contributed by atoms with Gasteiger partial charge in [0.1, 0.15) is 0 Å². The molecule has 1 aromatic carbocycles. The molecule has 0 saturated carbocycles. The van der Waals surface area contributed by atoms with Crippen molar-refractivity contribution in [3.8, 4) is 0 Å². The number of rotatable bonds is 6. The van der Waals surface area contributed by atoms with Gasteiger partial charge < -0.3 is 10.2 Å². The minimum atomic E-state index is 0.122. The monoisotopic (exact) mass is 296 g/mol. The second kappa shape index (κ2) is 7.33. The van der Waals surface area contributed by atoms with Crippen LogP contribution in [0.4, 0.5) is 5.69 Å². The number of halogens is 1. The molecule has 0 bridgehead atoms. The summed E-state index contributed by atoms with van der Waals surface area (Å²) < 4.78 is 0. The highest BCUT2D eigenvalue weighted by Crippen LogP contribution is 2.29. The topological polar surface area (TPSA) is 15.3 Å². The van der Waals surface area contributed by atoms with Gasteiger partial charge in [0.15, 0.2) is 0 Å². The van der Waals surface area contributed by atoms with Gasteiger partial charge in [0.25, 0.3) is 0 Å². The average molecular weight is 297 g/mol. The molecule has 0 aliphatic carbocycles. The molecule has 2 nitrogen and oxygen atoms in total. The fraction of sp³-hybridized carbons (Fsp3) is 0.647. The van der Waals surface area contributed by atoms with Crippen LogP contribution in [0, 0.1) is 0 Å². The third kappa shape index (κ3) is 4.99. The van der Waals surface area contributed by atoms with Crippen molar-refractivity contribution >= 4 is 17.3 Å². The lowest BCUT2D eigenvalue weighted by molar-refractivity contribution is 0.424. The number of hydrogen-bond donors (Lipinski definition) is 1. The fourth-order valence-electron chi connectivity index (χ4n) is 2.20. The second-order valence-corrected chi connectivity index (χ2v) is 6.84. The van der Waals surface area contributed by atoms with E-state index in [1.54, 1.807) is 0 Å². The Hall–Kier alpha value is -0.730. The zero-order chi connectivity index (χ0) is 15.3. The van der Waals surface area contributed by atoms with Gasteiger partial charge >= 0.3 is 0 Å². The first-order valence-electron chi connectivity index (χ1n) is 7.58. The summed E-state index contributed by atoms with van der Waals surface area (Å²) in [5, 5.41) is 4.34. The van der Waals surface area contributed by atoms with E-state index in [4.69, 9.17) is 11.6 Å². The van der Waals surface area contributed by atoms with Crippen molar-refractivity contribution in [2.45, 2.75) is 66.1 Å². The van der Waals surface area contributed by atoms with E-state index < -0.39 is 0 Å². The summed E-state index contributed by atoms with van der Waals surface area (Å²) in [6, 6.07) is 6.92. The molecule has 0 amide bonds. The molecular weight excluding hydrogens is 268 g/mol. The van der Waals surface area contributed by atoms with Crippen molar-refractivity contribution in [1.82, 2.24) is 5.32 Å².